The van der Waals surface area contributed by atoms with Gasteiger partial charge in [-0.05, 0) is 27.7 Å². The zero-order valence-electron chi connectivity index (χ0n) is 8.18. The van der Waals surface area contributed by atoms with Gasteiger partial charge in [0.2, 0.25) is 0 Å². The molecule has 0 aromatic carbocycles. The summed E-state index contributed by atoms with van der Waals surface area (Å²) in [6.07, 6.45) is 0.528. The molecule has 0 bridgehead atoms. The van der Waals surface area contributed by atoms with Crippen molar-refractivity contribution < 1.29 is 0 Å². The zero-order valence-corrected chi connectivity index (χ0v) is 8.18. The highest BCUT2D eigenvalue weighted by Crippen LogP contribution is 2.22. The molecule has 0 amide bonds. The molecular formula is C8H19N3. The van der Waals surface area contributed by atoms with Crippen LogP contribution in [0.4, 0.5) is 0 Å². The molecular weight excluding hydrogens is 138 g/mol. The van der Waals surface area contributed by atoms with Gasteiger partial charge in [-0.3, -0.25) is 0 Å². The Morgan fingerprint density at radius 2 is 1.91 bits per heavy atom. The second kappa shape index (κ2) is 2.73. The molecule has 0 radical (unpaired) electrons. The van der Waals surface area contributed by atoms with Crippen molar-refractivity contribution in [2.45, 2.75) is 46.3 Å². The number of nitrogens with one attached hydrogen (secondary N) is 1. The van der Waals surface area contributed by atoms with Crippen LogP contribution in [0, 0.1) is 0 Å². The van der Waals surface area contributed by atoms with E-state index in [1.54, 1.807) is 0 Å². The summed E-state index contributed by atoms with van der Waals surface area (Å²) < 4.78 is 0. The molecule has 0 aromatic heterocycles. The summed E-state index contributed by atoms with van der Waals surface area (Å²) in [5, 5.41) is 4.47. The minimum Gasteiger partial charge on any atom is -0.212 e. The fourth-order valence-corrected chi connectivity index (χ4v) is 1.43. The highest BCUT2D eigenvalue weighted by molar-refractivity contribution is 4.82. The van der Waals surface area contributed by atoms with Crippen LogP contribution in [0.3, 0.4) is 0 Å². The maximum atomic E-state index is 3.29. The lowest BCUT2D eigenvalue weighted by molar-refractivity contribution is -0.227. The lowest BCUT2D eigenvalue weighted by atomic mass is 10.1. The molecule has 66 valence electrons. The molecule has 0 aromatic rings. The van der Waals surface area contributed by atoms with E-state index in [9.17, 15) is 0 Å². The first kappa shape index (κ1) is 8.97. The molecule has 0 spiro atoms. The molecule has 1 atom stereocenters. The first-order valence-electron chi connectivity index (χ1n) is 4.29. The number of rotatable bonds is 1. The second-order valence-corrected chi connectivity index (χ2v) is 4.06. The molecule has 1 aliphatic heterocycles. The van der Waals surface area contributed by atoms with Crippen molar-refractivity contribution in [1.29, 1.82) is 0 Å². The Morgan fingerprint density at radius 1 is 1.36 bits per heavy atom. The van der Waals surface area contributed by atoms with Gasteiger partial charge in [-0.1, -0.05) is 6.92 Å². The van der Waals surface area contributed by atoms with Crippen molar-refractivity contribution in [2.24, 2.45) is 0 Å². The quantitative estimate of drug-likeness (QED) is 0.617. The largest absolute Gasteiger partial charge is 0.212 e. The normalized spacial score (nSPS) is 28.6. The van der Waals surface area contributed by atoms with E-state index < -0.39 is 0 Å². The summed E-state index contributed by atoms with van der Waals surface area (Å²) >= 11 is 0. The van der Waals surface area contributed by atoms with Crippen LogP contribution in [0.1, 0.15) is 34.6 Å². The summed E-state index contributed by atoms with van der Waals surface area (Å²) in [7, 11) is 0. The lowest BCUT2D eigenvalue weighted by Crippen LogP contribution is -2.76. The molecule has 3 heteroatoms. The zero-order chi connectivity index (χ0) is 8.65. The summed E-state index contributed by atoms with van der Waals surface area (Å²) in [6.45, 7) is 12.1. The van der Waals surface area contributed by atoms with Gasteiger partial charge in [-0.25, -0.2) is 10.0 Å². The van der Waals surface area contributed by atoms with Gasteiger partial charge >= 0.3 is 0 Å². The Balaban J connectivity index is 2.45. The van der Waals surface area contributed by atoms with Crippen LogP contribution in [0.25, 0.3) is 0 Å². The molecule has 1 unspecified atom stereocenters. The molecule has 11 heavy (non-hydrogen) atoms. The van der Waals surface area contributed by atoms with E-state index in [-0.39, 0.29) is 5.54 Å². The fourth-order valence-electron chi connectivity index (χ4n) is 1.43. The monoisotopic (exact) mass is 157 g/mol. The van der Waals surface area contributed by atoms with Gasteiger partial charge in [-0.2, -0.15) is 5.53 Å². The highest BCUT2D eigenvalue weighted by atomic mass is 15.9. The first-order chi connectivity index (χ1) is 4.96. The molecule has 0 aliphatic carbocycles. The smallest absolute Gasteiger partial charge is 0.0892 e. The highest BCUT2D eigenvalue weighted by Gasteiger charge is 2.38. The summed E-state index contributed by atoms with van der Waals surface area (Å²) in [6, 6.07) is 0. The molecule has 1 fully saturated rings. The third-order valence-electron chi connectivity index (χ3n) is 2.12. The van der Waals surface area contributed by atoms with Gasteiger partial charge in [0, 0.05) is 12.1 Å². The van der Waals surface area contributed by atoms with Gasteiger partial charge in [0.15, 0.2) is 0 Å². The van der Waals surface area contributed by atoms with Crippen LogP contribution in [-0.4, -0.2) is 28.3 Å². The molecule has 0 saturated carbocycles. The van der Waals surface area contributed by atoms with Crippen molar-refractivity contribution in [3.05, 3.63) is 0 Å². The molecule has 3 nitrogen and oxygen atoms in total. The molecule has 1 aliphatic rings. The van der Waals surface area contributed by atoms with E-state index in [0.717, 1.165) is 6.54 Å². The maximum absolute atomic E-state index is 3.29. The van der Waals surface area contributed by atoms with Crippen molar-refractivity contribution >= 4 is 0 Å². The number of hydrogen-bond donors (Lipinski definition) is 1. The van der Waals surface area contributed by atoms with Gasteiger partial charge in [0.05, 0.1) is 6.17 Å². The van der Waals surface area contributed by atoms with Gasteiger partial charge in [0.1, 0.15) is 0 Å². The Bertz CT molecular complexity index is 139. The predicted octanol–water partition coefficient (Wildman–Crippen LogP) is 1.19. The Hall–Kier alpha value is -0.120. The van der Waals surface area contributed by atoms with Crippen molar-refractivity contribution in [3.8, 4) is 0 Å². The third kappa shape index (κ3) is 1.55. The number of hydrazine groups is 2. The van der Waals surface area contributed by atoms with Crippen LogP contribution in [0.2, 0.25) is 0 Å². The summed E-state index contributed by atoms with van der Waals surface area (Å²) in [4.78, 5) is 0. The first-order valence-corrected chi connectivity index (χ1v) is 4.29. The van der Waals surface area contributed by atoms with Crippen molar-refractivity contribution in [1.82, 2.24) is 15.6 Å². The van der Waals surface area contributed by atoms with E-state index in [1.807, 2.05) is 0 Å². The van der Waals surface area contributed by atoms with E-state index in [4.69, 9.17) is 0 Å². The average Bonchev–Trinajstić information content (AvgIpc) is 1.83. The van der Waals surface area contributed by atoms with Gasteiger partial charge in [-0.15, -0.1) is 0 Å². The Labute approximate surface area is 69.3 Å². The van der Waals surface area contributed by atoms with Gasteiger partial charge in [0.25, 0.3) is 0 Å². The average molecular weight is 157 g/mol. The van der Waals surface area contributed by atoms with Crippen molar-refractivity contribution in [3.63, 3.8) is 0 Å². The number of nitrogens with zero attached hydrogens (tertiary/aromatic N) is 2. The second-order valence-electron chi connectivity index (χ2n) is 4.06. The topological polar surface area (TPSA) is 18.5 Å². The van der Waals surface area contributed by atoms with Crippen LogP contribution >= 0.6 is 0 Å². The molecule has 1 N–H and O–H groups in total. The predicted molar refractivity (Wildman–Crippen MR) is 46.6 cm³/mol. The van der Waals surface area contributed by atoms with Crippen LogP contribution in [0.15, 0.2) is 0 Å². The van der Waals surface area contributed by atoms with E-state index in [1.165, 1.54) is 0 Å². The van der Waals surface area contributed by atoms with Crippen LogP contribution in [-0.2, 0) is 0 Å². The minimum atomic E-state index is 0.227. The minimum absolute atomic E-state index is 0.227. The van der Waals surface area contributed by atoms with E-state index >= 15 is 0 Å². The van der Waals surface area contributed by atoms with Crippen molar-refractivity contribution in [2.75, 3.05) is 6.54 Å². The van der Waals surface area contributed by atoms with E-state index in [0.29, 0.717) is 6.17 Å². The van der Waals surface area contributed by atoms with Crippen LogP contribution in [0.5, 0.6) is 0 Å². The third-order valence-corrected chi connectivity index (χ3v) is 2.12. The molecule has 1 heterocycles. The summed E-state index contributed by atoms with van der Waals surface area (Å²) in [5.74, 6) is 0. The standard InChI is InChI=1S/C8H19N3/c1-6-10-7(2)11(9-10)8(3,4)5/h7,9H,6H2,1-5H3. The molecule has 1 rings (SSSR count). The Morgan fingerprint density at radius 3 is 2.18 bits per heavy atom. The molecule has 1 saturated heterocycles. The fraction of sp³-hybridized carbons (Fsp3) is 1.00. The van der Waals surface area contributed by atoms with E-state index in [2.05, 4.69) is 50.2 Å². The Kier molecular flexibility index (Phi) is 2.23. The summed E-state index contributed by atoms with van der Waals surface area (Å²) in [5.41, 5.74) is 3.51. The van der Waals surface area contributed by atoms with Crippen LogP contribution < -0.4 is 5.53 Å². The SMILES string of the molecule is CCN1NN(C(C)(C)C)C1C. The lowest BCUT2D eigenvalue weighted by Gasteiger charge is -2.55. The van der Waals surface area contributed by atoms with Gasteiger partial charge < -0.3 is 0 Å². The maximum Gasteiger partial charge on any atom is 0.0892 e. The number of hydrogen-bond acceptors (Lipinski definition) is 3.